The van der Waals surface area contributed by atoms with Gasteiger partial charge in [0.25, 0.3) is 5.91 Å². The average molecular weight is 554 g/mol. The fourth-order valence-electron chi connectivity index (χ4n) is 4.32. The Morgan fingerprint density at radius 2 is 1.82 bits per heavy atom. The monoisotopic (exact) mass is 553 g/mol. The molecule has 9 nitrogen and oxygen atoms in total. The van der Waals surface area contributed by atoms with Crippen LogP contribution >= 0.6 is 11.6 Å². The minimum absolute atomic E-state index is 0.0226. The van der Waals surface area contributed by atoms with E-state index in [2.05, 4.69) is 15.3 Å². The molecule has 1 atom stereocenters. The van der Waals surface area contributed by atoms with Crippen LogP contribution in [0.1, 0.15) is 47.3 Å². The number of nitrogens with zero attached hydrogens (tertiary/aromatic N) is 4. The van der Waals surface area contributed by atoms with Crippen LogP contribution in [0.15, 0.2) is 48.5 Å². The number of esters is 1. The second-order valence-corrected chi connectivity index (χ2v) is 9.94. The van der Waals surface area contributed by atoms with Crippen LogP contribution in [0.2, 0.25) is 5.02 Å². The zero-order chi connectivity index (χ0) is 28.3. The summed E-state index contributed by atoms with van der Waals surface area (Å²) in [6, 6.07) is 12.3. The van der Waals surface area contributed by atoms with Gasteiger partial charge in [0, 0.05) is 36.9 Å². The lowest BCUT2D eigenvalue weighted by Crippen LogP contribution is -2.56. The first-order chi connectivity index (χ1) is 18.5. The van der Waals surface area contributed by atoms with Crippen LogP contribution in [-0.2, 0) is 4.74 Å². The van der Waals surface area contributed by atoms with Crippen molar-refractivity contribution in [3.63, 3.8) is 0 Å². The summed E-state index contributed by atoms with van der Waals surface area (Å²) >= 11 is 5.82. The first kappa shape index (κ1) is 28.0. The van der Waals surface area contributed by atoms with E-state index in [1.165, 1.54) is 18.2 Å². The van der Waals surface area contributed by atoms with Crippen molar-refractivity contribution in [1.82, 2.24) is 19.8 Å². The molecule has 0 radical (unpaired) electrons. The van der Waals surface area contributed by atoms with Gasteiger partial charge in [-0.3, -0.25) is 4.79 Å². The molecule has 0 saturated carbocycles. The quantitative estimate of drug-likeness (QED) is 0.436. The SMILES string of the molecule is Cc1nc(-c2ccccc2)nc(C(=O)N2CCN(C(=O)Nc3ccc(F)c(Cl)c3)C(C)C2)c1C(=O)OC(C)C. The van der Waals surface area contributed by atoms with Gasteiger partial charge >= 0.3 is 12.0 Å². The van der Waals surface area contributed by atoms with Gasteiger partial charge in [0.05, 0.1) is 16.8 Å². The van der Waals surface area contributed by atoms with Crippen LogP contribution in [0, 0.1) is 12.7 Å². The summed E-state index contributed by atoms with van der Waals surface area (Å²) in [5.74, 6) is -1.39. The van der Waals surface area contributed by atoms with Gasteiger partial charge in [-0.2, -0.15) is 0 Å². The van der Waals surface area contributed by atoms with E-state index in [1.807, 2.05) is 37.3 Å². The van der Waals surface area contributed by atoms with E-state index in [9.17, 15) is 18.8 Å². The maximum Gasteiger partial charge on any atom is 0.342 e. The molecule has 1 aliphatic rings. The number of nitrogens with one attached hydrogen (secondary N) is 1. The maximum atomic E-state index is 13.8. The van der Waals surface area contributed by atoms with Gasteiger partial charge in [-0.1, -0.05) is 41.9 Å². The van der Waals surface area contributed by atoms with Crippen molar-refractivity contribution in [3.8, 4) is 11.4 Å². The van der Waals surface area contributed by atoms with E-state index >= 15 is 0 Å². The standard InChI is InChI=1S/C28H29ClFN5O4/c1-16(2)39-27(37)23-18(4)31-25(19-8-6-5-7-9-19)33-24(23)26(36)34-12-13-35(17(3)15-34)28(38)32-20-10-11-22(30)21(29)14-20/h5-11,14,16-17H,12-13,15H2,1-4H3,(H,32,38). The van der Waals surface area contributed by atoms with E-state index in [0.717, 1.165) is 0 Å². The van der Waals surface area contributed by atoms with Crippen LogP contribution in [0.5, 0.6) is 0 Å². The highest BCUT2D eigenvalue weighted by molar-refractivity contribution is 6.31. The Bertz CT molecular complexity index is 1400. The Morgan fingerprint density at radius 1 is 1.10 bits per heavy atom. The number of aromatic nitrogens is 2. The largest absolute Gasteiger partial charge is 0.459 e. The van der Waals surface area contributed by atoms with Gasteiger partial charge in [0.1, 0.15) is 17.1 Å². The zero-order valence-electron chi connectivity index (χ0n) is 22.1. The van der Waals surface area contributed by atoms with Crippen LogP contribution in [0.25, 0.3) is 11.4 Å². The predicted octanol–water partition coefficient (Wildman–Crippen LogP) is 5.19. The minimum atomic E-state index is -0.672. The van der Waals surface area contributed by atoms with Crippen molar-refractivity contribution in [2.45, 2.75) is 39.8 Å². The van der Waals surface area contributed by atoms with Crippen molar-refractivity contribution in [1.29, 1.82) is 0 Å². The van der Waals surface area contributed by atoms with Crippen molar-refractivity contribution >= 4 is 35.2 Å². The summed E-state index contributed by atoms with van der Waals surface area (Å²) in [6.07, 6.45) is -0.397. The third-order valence-electron chi connectivity index (χ3n) is 6.22. The fourth-order valence-corrected chi connectivity index (χ4v) is 4.50. The molecule has 3 aromatic rings. The molecule has 0 bridgehead atoms. The first-order valence-electron chi connectivity index (χ1n) is 12.5. The number of carbonyl (C=O) groups is 3. The van der Waals surface area contributed by atoms with E-state index in [4.69, 9.17) is 16.3 Å². The molecular weight excluding hydrogens is 525 g/mol. The number of halogens is 2. The summed E-state index contributed by atoms with van der Waals surface area (Å²) < 4.78 is 18.9. The van der Waals surface area contributed by atoms with Gasteiger partial charge in [0.15, 0.2) is 5.82 Å². The van der Waals surface area contributed by atoms with Crippen molar-refractivity contribution in [2.24, 2.45) is 0 Å². The number of rotatable bonds is 5. The van der Waals surface area contributed by atoms with Gasteiger partial charge in [-0.25, -0.2) is 23.9 Å². The number of hydrogen-bond donors (Lipinski definition) is 1. The van der Waals surface area contributed by atoms with Gasteiger partial charge < -0.3 is 19.9 Å². The molecule has 1 fully saturated rings. The molecule has 1 saturated heterocycles. The number of ether oxygens (including phenoxy) is 1. The highest BCUT2D eigenvalue weighted by Gasteiger charge is 2.34. The van der Waals surface area contributed by atoms with Crippen LogP contribution in [0.3, 0.4) is 0 Å². The highest BCUT2D eigenvalue weighted by atomic mass is 35.5. The molecule has 1 aliphatic heterocycles. The predicted molar refractivity (Wildman–Crippen MR) is 145 cm³/mol. The Morgan fingerprint density at radius 3 is 2.46 bits per heavy atom. The van der Waals surface area contributed by atoms with E-state index in [0.29, 0.717) is 22.8 Å². The van der Waals surface area contributed by atoms with E-state index in [1.54, 1.807) is 30.6 Å². The molecule has 0 spiro atoms. The zero-order valence-corrected chi connectivity index (χ0v) is 22.8. The molecule has 39 heavy (non-hydrogen) atoms. The number of benzene rings is 2. The lowest BCUT2D eigenvalue weighted by atomic mass is 10.1. The second kappa shape index (κ2) is 11.8. The molecule has 2 aromatic carbocycles. The number of piperazine rings is 1. The molecule has 2 heterocycles. The molecule has 4 rings (SSSR count). The third-order valence-corrected chi connectivity index (χ3v) is 6.51. The maximum absolute atomic E-state index is 13.8. The molecule has 1 aromatic heterocycles. The lowest BCUT2D eigenvalue weighted by Gasteiger charge is -2.39. The molecule has 0 aliphatic carbocycles. The molecular formula is C28H29ClFN5O4. The number of hydrogen-bond acceptors (Lipinski definition) is 6. The average Bonchev–Trinajstić information content (AvgIpc) is 2.89. The fraction of sp³-hybridized carbons (Fsp3) is 0.321. The van der Waals surface area contributed by atoms with Crippen LogP contribution in [0.4, 0.5) is 14.9 Å². The number of urea groups is 1. The Hall–Kier alpha value is -4.05. The number of aryl methyl sites for hydroxylation is 1. The minimum Gasteiger partial charge on any atom is -0.459 e. The van der Waals surface area contributed by atoms with E-state index in [-0.39, 0.29) is 42.0 Å². The summed E-state index contributed by atoms with van der Waals surface area (Å²) in [5, 5.41) is 2.61. The number of amides is 3. The van der Waals surface area contributed by atoms with Gasteiger partial charge in [-0.15, -0.1) is 0 Å². The normalized spacial score (nSPS) is 15.3. The summed E-state index contributed by atoms with van der Waals surface area (Å²) in [6.45, 7) is 7.55. The van der Waals surface area contributed by atoms with Crippen LogP contribution in [-0.4, -0.2) is 69.5 Å². The topological polar surface area (TPSA) is 105 Å². The second-order valence-electron chi connectivity index (χ2n) is 9.53. The van der Waals surface area contributed by atoms with Crippen LogP contribution < -0.4 is 5.32 Å². The molecule has 1 N–H and O–H groups in total. The first-order valence-corrected chi connectivity index (χ1v) is 12.9. The summed E-state index contributed by atoms with van der Waals surface area (Å²) in [7, 11) is 0. The van der Waals surface area contributed by atoms with Gasteiger partial charge in [-0.05, 0) is 45.9 Å². The number of carbonyl (C=O) groups excluding carboxylic acids is 3. The Balaban J connectivity index is 1.57. The Kier molecular flexibility index (Phi) is 8.44. The Labute approximate surface area is 230 Å². The number of anilines is 1. The van der Waals surface area contributed by atoms with E-state index < -0.39 is 29.8 Å². The summed E-state index contributed by atoms with van der Waals surface area (Å²) in [5.41, 5.74) is 1.37. The molecule has 11 heteroatoms. The van der Waals surface area contributed by atoms with Gasteiger partial charge in [0.2, 0.25) is 0 Å². The van der Waals surface area contributed by atoms with Crippen molar-refractivity contribution in [3.05, 3.63) is 76.3 Å². The smallest absolute Gasteiger partial charge is 0.342 e. The van der Waals surface area contributed by atoms with Crippen molar-refractivity contribution < 1.29 is 23.5 Å². The molecule has 204 valence electrons. The molecule has 3 amide bonds. The highest BCUT2D eigenvalue weighted by Crippen LogP contribution is 2.24. The molecule has 1 unspecified atom stereocenters. The third kappa shape index (κ3) is 6.34. The lowest BCUT2D eigenvalue weighted by molar-refractivity contribution is 0.0367. The van der Waals surface area contributed by atoms with Crippen molar-refractivity contribution in [2.75, 3.05) is 25.0 Å². The summed E-state index contributed by atoms with van der Waals surface area (Å²) in [4.78, 5) is 51.8.